The summed E-state index contributed by atoms with van der Waals surface area (Å²) in [6.07, 6.45) is -0.113. The normalized spacial score (nSPS) is 19.8. The van der Waals surface area contributed by atoms with Gasteiger partial charge in [0.25, 0.3) is 0 Å². The van der Waals surface area contributed by atoms with Crippen LogP contribution < -0.4 is 0 Å². The molecule has 3 heteroatoms. The molecule has 0 saturated carbocycles. The Bertz CT molecular complexity index is 582. The Morgan fingerprint density at radius 2 is 2.00 bits per heavy atom. The van der Waals surface area contributed by atoms with Crippen LogP contribution in [0.25, 0.3) is 0 Å². The van der Waals surface area contributed by atoms with E-state index in [4.69, 9.17) is 16.3 Å². The smallest absolute Gasteiger partial charge is 0.113 e. The molecule has 0 spiro atoms. The number of ether oxygens (including phenoxy) is 1. The number of rotatable bonds is 2. The lowest BCUT2D eigenvalue weighted by Gasteiger charge is -2.30. The van der Waals surface area contributed by atoms with E-state index in [9.17, 15) is 5.11 Å². The van der Waals surface area contributed by atoms with Gasteiger partial charge in [-0.15, -0.1) is 0 Å². The van der Waals surface area contributed by atoms with Crippen molar-refractivity contribution in [3.63, 3.8) is 0 Å². The highest BCUT2D eigenvalue weighted by molar-refractivity contribution is 6.30. The molecule has 0 amide bonds. The highest BCUT2D eigenvalue weighted by Gasteiger charge is 2.28. The van der Waals surface area contributed by atoms with Gasteiger partial charge < -0.3 is 9.84 Å². The number of hydrogen-bond acceptors (Lipinski definition) is 2. The molecule has 1 heterocycles. The van der Waals surface area contributed by atoms with Gasteiger partial charge in [0, 0.05) is 5.02 Å². The molecule has 0 aliphatic carbocycles. The fourth-order valence-corrected chi connectivity index (χ4v) is 2.75. The number of aliphatic hydroxyl groups is 1. The van der Waals surface area contributed by atoms with Crippen LogP contribution in [0, 0.1) is 0 Å². The topological polar surface area (TPSA) is 29.5 Å². The van der Waals surface area contributed by atoms with Gasteiger partial charge in [-0.1, -0.05) is 48.0 Å². The van der Waals surface area contributed by atoms with E-state index in [-0.39, 0.29) is 6.10 Å². The number of benzene rings is 2. The molecule has 0 radical (unpaired) electrons. The van der Waals surface area contributed by atoms with Crippen LogP contribution in [0.4, 0.5) is 0 Å². The second-order valence-corrected chi connectivity index (χ2v) is 5.18. The van der Waals surface area contributed by atoms with Crippen LogP contribution in [0.5, 0.6) is 0 Å². The summed E-state index contributed by atoms with van der Waals surface area (Å²) in [4.78, 5) is 0. The van der Waals surface area contributed by atoms with Crippen LogP contribution in [-0.2, 0) is 11.2 Å². The third-order valence-corrected chi connectivity index (χ3v) is 3.74. The first-order chi connectivity index (χ1) is 9.25. The van der Waals surface area contributed by atoms with Crippen molar-refractivity contribution < 1.29 is 9.84 Å². The van der Waals surface area contributed by atoms with Gasteiger partial charge in [0.05, 0.1) is 6.61 Å². The minimum Gasteiger partial charge on any atom is -0.385 e. The zero-order valence-corrected chi connectivity index (χ0v) is 11.2. The monoisotopic (exact) mass is 274 g/mol. The lowest BCUT2D eigenvalue weighted by atomic mass is 9.91. The average molecular weight is 275 g/mol. The predicted molar refractivity (Wildman–Crippen MR) is 75.3 cm³/mol. The predicted octanol–water partition coefficient (Wildman–Crippen LogP) is 3.69. The van der Waals surface area contributed by atoms with Crippen LogP contribution in [0.3, 0.4) is 0 Å². The fraction of sp³-hybridized carbons (Fsp3) is 0.250. The number of aliphatic hydroxyl groups excluding tert-OH is 1. The van der Waals surface area contributed by atoms with Crippen molar-refractivity contribution in [3.05, 3.63) is 70.2 Å². The second-order valence-electron chi connectivity index (χ2n) is 4.74. The molecule has 2 unspecified atom stereocenters. The van der Waals surface area contributed by atoms with Crippen molar-refractivity contribution in [2.75, 3.05) is 6.61 Å². The summed E-state index contributed by atoms with van der Waals surface area (Å²) in [5.41, 5.74) is 3.11. The van der Waals surface area contributed by atoms with Crippen molar-refractivity contribution in [2.24, 2.45) is 0 Å². The maximum atomic E-state index is 10.5. The summed E-state index contributed by atoms with van der Waals surface area (Å²) < 4.78 is 5.77. The van der Waals surface area contributed by atoms with E-state index >= 15 is 0 Å². The molecule has 19 heavy (non-hydrogen) atoms. The third kappa shape index (κ3) is 2.52. The Morgan fingerprint density at radius 3 is 2.84 bits per heavy atom. The zero-order chi connectivity index (χ0) is 13.2. The molecule has 1 aliphatic rings. The van der Waals surface area contributed by atoms with Crippen LogP contribution in [-0.4, -0.2) is 11.7 Å². The van der Waals surface area contributed by atoms with Gasteiger partial charge >= 0.3 is 0 Å². The molecule has 0 bridgehead atoms. The molecule has 2 aromatic rings. The Hall–Kier alpha value is -1.35. The fourth-order valence-electron chi connectivity index (χ4n) is 2.55. The van der Waals surface area contributed by atoms with E-state index in [0.717, 1.165) is 17.5 Å². The van der Waals surface area contributed by atoms with Gasteiger partial charge in [0.15, 0.2) is 0 Å². The summed E-state index contributed by atoms with van der Waals surface area (Å²) in [6, 6.07) is 15.4. The molecule has 1 aliphatic heterocycles. The van der Waals surface area contributed by atoms with Crippen molar-refractivity contribution in [1.29, 1.82) is 0 Å². The van der Waals surface area contributed by atoms with E-state index in [1.54, 1.807) is 12.1 Å². The minimum atomic E-state index is -0.694. The first-order valence-electron chi connectivity index (χ1n) is 6.38. The molecule has 2 atom stereocenters. The Labute approximate surface area is 117 Å². The average Bonchev–Trinajstić information content (AvgIpc) is 2.46. The molecule has 1 N–H and O–H groups in total. The van der Waals surface area contributed by atoms with Gasteiger partial charge in [0.2, 0.25) is 0 Å². The van der Waals surface area contributed by atoms with Crippen LogP contribution in [0.1, 0.15) is 28.9 Å². The molecule has 0 saturated heterocycles. The van der Waals surface area contributed by atoms with Crippen LogP contribution in [0.2, 0.25) is 5.02 Å². The van der Waals surface area contributed by atoms with E-state index < -0.39 is 6.10 Å². The minimum absolute atomic E-state index is 0.316. The molecule has 2 aromatic carbocycles. The Balaban J connectivity index is 1.95. The first-order valence-corrected chi connectivity index (χ1v) is 6.76. The molecule has 98 valence electrons. The molecular weight excluding hydrogens is 260 g/mol. The van der Waals surface area contributed by atoms with Crippen LogP contribution >= 0.6 is 11.6 Å². The molecule has 0 fully saturated rings. The third-order valence-electron chi connectivity index (χ3n) is 3.51. The van der Waals surface area contributed by atoms with E-state index in [2.05, 4.69) is 6.07 Å². The largest absolute Gasteiger partial charge is 0.385 e. The zero-order valence-electron chi connectivity index (χ0n) is 10.4. The molecular formula is C16H15ClO2. The maximum Gasteiger partial charge on any atom is 0.113 e. The SMILES string of the molecule is OC(c1cccc(Cl)c1)C1OCCc2ccccc21. The second kappa shape index (κ2) is 5.33. The standard InChI is InChI=1S/C16H15ClO2/c17-13-6-3-5-12(10-13)15(18)16-14-7-2-1-4-11(14)8-9-19-16/h1-7,10,15-16,18H,8-9H2. The Kier molecular flexibility index (Phi) is 3.56. The van der Waals surface area contributed by atoms with Gasteiger partial charge in [-0.05, 0) is 35.2 Å². The van der Waals surface area contributed by atoms with E-state index in [1.807, 2.05) is 30.3 Å². The van der Waals surface area contributed by atoms with Crippen molar-refractivity contribution in [2.45, 2.75) is 18.6 Å². The number of hydrogen-bond donors (Lipinski definition) is 1. The van der Waals surface area contributed by atoms with Gasteiger partial charge in [-0.2, -0.15) is 0 Å². The maximum absolute atomic E-state index is 10.5. The molecule has 3 rings (SSSR count). The number of fused-ring (bicyclic) bond motifs is 1. The Morgan fingerprint density at radius 1 is 1.16 bits per heavy atom. The van der Waals surface area contributed by atoms with Crippen molar-refractivity contribution >= 4 is 11.6 Å². The summed E-state index contributed by atoms with van der Waals surface area (Å²) in [6.45, 7) is 0.638. The summed E-state index contributed by atoms with van der Waals surface area (Å²) in [5, 5.41) is 11.2. The van der Waals surface area contributed by atoms with Crippen molar-refractivity contribution in [3.8, 4) is 0 Å². The van der Waals surface area contributed by atoms with Crippen LogP contribution in [0.15, 0.2) is 48.5 Å². The van der Waals surface area contributed by atoms with Gasteiger partial charge in [-0.3, -0.25) is 0 Å². The summed E-state index contributed by atoms with van der Waals surface area (Å²) in [5.74, 6) is 0. The highest BCUT2D eigenvalue weighted by Crippen LogP contribution is 2.37. The summed E-state index contributed by atoms with van der Waals surface area (Å²) in [7, 11) is 0. The van der Waals surface area contributed by atoms with E-state index in [1.165, 1.54) is 5.56 Å². The quantitative estimate of drug-likeness (QED) is 0.905. The molecule has 2 nitrogen and oxygen atoms in total. The summed E-state index contributed by atoms with van der Waals surface area (Å²) >= 11 is 5.98. The molecule has 0 aromatic heterocycles. The van der Waals surface area contributed by atoms with Crippen molar-refractivity contribution in [1.82, 2.24) is 0 Å². The van der Waals surface area contributed by atoms with E-state index in [0.29, 0.717) is 11.6 Å². The van der Waals surface area contributed by atoms with Gasteiger partial charge in [0.1, 0.15) is 12.2 Å². The first kappa shape index (κ1) is 12.7. The van der Waals surface area contributed by atoms with Gasteiger partial charge in [-0.25, -0.2) is 0 Å². The highest BCUT2D eigenvalue weighted by atomic mass is 35.5. The number of halogens is 1. The lowest BCUT2D eigenvalue weighted by Crippen LogP contribution is -2.22. The lowest BCUT2D eigenvalue weighted by molar-refractivity contribution is -0.0482.